The summed E-state index contributed by atoms with van der Waals surface area (Å²) in [5, 5.41) is 14.0. The number of nitrogens with one attached hydrogen (secondary N) is 3. The van der Waals surface area contributed by atoms with Crippen LogP contribution < -0.4 is 16.2 Å². The average Bonchev–Trinajstić information content (AvgIpc) is 3.17. The molecule has 4 unspecified atom stereocenters. The van der Waals surface area contributed by atoms with E-state index >= 15 is 0 Å². The summed E-state index contributed by atoms with van der Waals surface area (Å²) in [6.07, 6.45) is 0. The van der Waals surface area contributed by atoms with Crippen LogP contribution >= 0.6 is 0 Å². The fraction of sp³-hybridized carbons (Fsp3) is 0.235. The first-order chi connectivity index (χ1) is 11.6. The van der Waals surface area contributed by atoms with E-state index in [2.05, 4.69) is 16.2 Å². The molecule has 2 heterocycles. The Hall–Kier alpha value is -2.77. The second-order valence-corrected chi connectivity index (χ2v) is 6.07. The highest BCUT2D eigenvalue weighted by atomic mass is 16.6. The van der Waals surface area contributed by atoms with Crippen molar-refractivity contribution in [3.8, 4) is 0 Å². The van der Waals surface area contributed by atoms with Crippen molar-refractivity contribution in [3.05, 3.63) is 75.8 Å². The molecule has 4 atom stereocenters. The van der Waals surface area contributed by atoms with Gasteiger partial charge in [-0.05, 0) is 11.1 Å². The highest BCUT2D eigenvalue weighted by molar-refractivity contribution is 5.86. The molecule has 122 valence electrons. The predicted molar refractivity (Wildman–Crippen MR) is 86.7 cm³/mol. The van der Waals surface area contributed by atoms with Crippen LogP contribution in [0.5, 0.6) is 0 Å². The lowest BCUT2D eigenvalue weighted by atomic mass is 9.83. The Morgan fingerprint density at radius 1 is 0.875 bits per heavy atom. The Morgan fingerprint density at radius 2 is 1.58 bits per heavy atom. The first-order valence-corrected chi connectivity index (χ1v) is 7.76. The average molecular weight is 324 g/mol. The van der Waals surface area contributed by atoms with Crippen LogP contribution in [0.3, 0.4) is 0 Å². The lowest BCUT2D eigenvalue weighted by Gasteiger charge is -2.24. The van der Waals surface area contributed by atoms with E-state index in [1.807, 2.05) is 36.4 Å². The van der Waals surface area contributed by atoms with E-state index in [0.717, 1.165) is 11.1 Å². The van der Waals surface area contributed by atoms with Gasteiger partial charge < -0.3 is 5.32 Å². The van der Waals surface area contributed by atoms with Gasteiger partial charge >= 0.3 is 0 Å². The first-order valence-electron chi connectivity index (χ1n) is 7.76. The number of hydrogen-bond donors (Lipinski definition) is 3. The Morgan fingerprint density at radius 3 is 2.33 bits per heavy atom. The molecule has 0 aliphatic carbocycles. The van der Waals surface area contributed by atoms with E-state index in [9.17, 15) is 14.9 Å². The van der Waals surface area contributed by atoms with Gasteiger partial charge in [-0.15, -0.1) is 0 Å². The van der Waals surface area contributed by atoms with Crippen molar-refractivity contribution >= 4 is 11.6 Å². The number of rotatable bonds is 3. The van der Waals surface area contributed by atoms with Gasteiger partial charge in [-0.2, -0.15) is 0 Å². The monoisotopic (exact) mass is 324 g/mol. The van der Waals surface area contributed by atoms with Crippen LogP contribution in [0.15, 0.2) is 54.6 Å². The number of non-ortho nitro benzene ring substituents is 1. The summed E-state index contributed by atoms with van der Waals surface area (Å²) in [6, 6.07) is 15.6. The molecule has 7 nitrogen and oxygen atoms in total. The topological polar surface area (TPSA) is 96.3 Å². The van der Waals surface area contributed by atoms with Gasteiger partial charge in [-0.3, -0.25) is 14.9 Å². The standard InChI is InChI=1S/C17H16N4O3/c22-17-16-13(15(19-20-16)10-5-2-1-3-6-10)14(18-17)11-7-4-8-12(9-11)21(23)24/h1-9,13-16,19-20H,(H,18,22). The van der Waals surface area contributed by atoms with Crippen molar-refractivity contribution < 1.29 is 9.72 Å². The molecule has 0 aromatic heterocycles. The van der Waals surface area contributed by atoms with E-state index in [4.69, 9.17) is 0 Å². The van der Waals surface area contributed by atoms with Crippen LogP contribution in [0.25, 0.3) is 0 Å². The van der Waals surface area contributed by atoms with Crippen LogP contribution in [-0.2, 0) is 4.79 Å². The molecule has 7 heteroatoms. The van der Waals surface area contributed by atoms with Crippen molar-refractivity contribution in [3.63, 3.8) is 0 Å². The lowest BCUT2D eigenvalue weighted by Crippen LogP contribution is -2.39. The van der Waals surface area contributed by atoms with Gasteiger partial charge in [0.05, 0.1) is 17.0 Å². The lowest BCUT2D eigenvalue weighted by molar-refractivity contribution is -0.384. The summed E-state index contributed by atoms with van der Waals surface area (Å²) in [4.78, 5) is 22.9. The summed E-state index contributed by atoms with van der Waals surface area (Å²) in [6.45, 7) is 0. The number of benzene rings is 2. The molecule has 24 heavy (non-hydrogen) atoms. The van der Waals surface area contributed by atoms with E-state index < -0.39 is 4.92 Å². The zero-order valence-corrected chi connectivity index (χ0v) is 12.7. The molecule has 2 saturated heterocycles. The minimum absolute atomic E-state index is 0.0281. The van der Waals surface area contributed by atoms with Crippen LogP contribution in [0.1, 0.15) is 23.2 Å². The molecule has 0 saturated carbocycles. The number of carbonyl (C=O) groups excluding carboxylic acids is 1. The summed E-state index contributed by atoms with van der Waals surface area (Å²) in [5.41, 5.74) is 8.10. The zero-order chi connectivity index (χ0) is 16.7. The van der Waals surface area contributed by atoms with E-state index in [1.165, 1.54) is 12.1 Å². The molecule has 2 aliphatic heterocycles. The van der Waals surface area contributed by atoms with Crippen LogP contribution in [0.2, 0.25) is 0 Å². The summed E-state index contributed by atoms with van der Waals surface area (Å²) < 4.78 is 0. The van der Waals surface area contributed by atoms with Crippen LogP contribution in [0, 0.1) is 16.0 Å². The van der Waals surface area contributed by atoms with E-state index in [1.54, 1.807) is 6.07 Å². The molecule has 0 spiro atoms. The van der Waals surface area contributed by atoms with Crippen LogP contribution in [0.4, 0.5) is 5.69 Å². The molecule has 1 amide bonds. The third-order valence-electron chi connectivity index (χ3n) is 4.73. The molecular weight excluding hydrogens is 308 g/mol. The van der Waals surface area contributed by atoms with Crippen molar-refractivity contribution in [1.29, 1.82) is 0 Å². The molecule has 2 aromatic carbocycles. The van der Waals surface area contributed by atoms with Gasteiger partial charge in [0.1, 0.15) is 6.04 Å². The van der Waals surface area contributed by atoms with Gasteiger partial charge in [-0.25, -0.2) is 10.9 Å². The minimum Gasteiger partial charge on any atom is -0.347 e. The maximum Gasteiger partial charge on any atom is 0.269 e. The van der Waals surface area contributed by atoms with E-state index in [0.29, 0.717) is 0 Å². The molecule has 3 N–H and O–H groups in total. The molecule has 0 bridgehead atoms. The summed E-state index contributed by atoms with van der Waals surface area (Å²) in [5.74, 6) is -0.163. The van der Waals surface area contributed by atoms with Gasteiger partial charge in [0.2, 0.25) is 5.91 Å². The van der Waals surface area contributed by atoms with E-state index in [-0.39, 0.29) is 35.6 Å². The second kappa shape index (κ2) is 5.70. The minimum atomic E-state index is -0.419. The number of nitrogens with zero attached hydrogens (tertiary/aromatic N) is 1. The highest BCUT2D eigenvalue weighted by Crippen LogP contribution is 2.42. The maximum absolute atomic E-state index is 12.3. The largest absolute Gasteiger partial charge is 0.347 e. The van der Waals surface area contributed by atoms with Crippen molar-refractivity contribution in [2.75, 3.05) is 0 Å². The number of nitro benzene ring substituents is 1. The molecule has 4 rings (SSSR count). The molecule has 2 fully saturated rings. The number of fused-ring (bicyclic) bond motifs is 1. The third-order valence-corrected chi connectivity index (χ3v) is 4.73. The maximum atomic E-state index is 12.3. The Labute approximate surface area is 138 Å². The van der Waals surface area contributed by atoms with Crippen molar-refractivity contribution in [2.45, 2.75) is 18.1 Å². The number of hydrogen-bond acceptors (Lipinski definition) is 5. The van der Waals surface area contributed by atoms with Gasteiger partial charge in [-0.1, -0.05) is 42.5 Å². The quantitative estimate of drug-likeness (QED) is 0.589. The van der Waals surface area contributed by atoms with Gasteiger partial charge in [0.25, 0.3) is 5.69 Å². The van der Waals surface area contributed by atoms with Gasteiger partial charge in [0, 0.05) is 18.1 Å². The van der Waals surface area contributed by atoms with Crippen LogP contribution in [-0.4, -0.2) is 16.9 Å². The fourth-order valence-electron chi connectivity index (χ4n) is 3.63. The summed E-state index contributed by atoms with van der Waals surface area (Å²) >= 11 is 0. The fourth-order valence-corrected chi connectivity index (χ4v) is 3.63. The number of hydrazine groups is 1. The predicted octanol–water partition coefficient (Wildman–Crippen LogP) is 1.60. The SMILES string of the molecule is O=C1NC(c2cccc([N+](=O)[O-])c2)C2C1NNC2c1ccccc1. The molecular formula is C17H16N4O3. The van der Waals surface area contributed by atoms with Gasteiger partial charge in [0.15, 0.2) is 0 Å². The molecule has 2 aromatic rings. The highest BCUT2D eigenvalue weighted by Gasteiger charge is 2.51. The first kappa shape index (κ1) is 14.8. The zero-order valence-electron chi connectivity index (χ0n) is 12.7. The van der Waals surface area contributed by atoms with Crippen molar-refractivity contribution in [1.82, 2.24) is 16.2 Å². The summed E-state index contributed by atoms with van der Waals surface area (Å²) in [7, 11) is 0. The number of nitro groups is 1. The number of amides is 1. The molecule has 2 aliphatic rings. The smallest absolute Gasteiger partial charge is 0.269 e. The Kier molecular flexibility index (Phi) is 3.51. The molecule has 0 radical (unpaired) electrons. The Balaban J connectivity index is 1.72. The number of carbonyl (C=O) groups is 1. The Bertz CT molecular complexity index is 795. The van der Waals surface area contributed by atoms with Crippen molar-refractivity contribution in [2.24, 2.45) is 5.92 Å². The third kappa shape index (κ3) is 2.34. The normalized spacial score (nSPS) is 28.4. The second-order valence-electron chi connectivity index (χ2n) is 6.07.